The van der Waals surface area contributed by atoms with Crippen molar-refractivity contribution in [1.29, 1.82) is 0 Å². The maximum absolute atomic E-state index is 12.6. The van der Waals surface area contributed by atoms with E-state index < -0.39 is 5.54 Å². The normalized spacial score (nSPS) is 26.4. The fourth-order valence-electron chi connectivity index (χ4n) is 3.14. The Morgan fingerprint density at radius 3 is 2.57 bits per heavy atom. The molecule has 3 rings (SSSR count). The lowest BCUT2D eigenvalue weighted by atomic mass is 10.0. The number of hydrogen-bond donors (Lipinski definition) is 2. The van der Waals surface area contributed by atoms with E-state index in [1.54, 1.807) is 0 Å². The van der Waals surface area contributed by atoms with Crippen LogP contribution >= 0.6 is 0 Å². The molecule has 1 saturated carbocycles. The summed E-state index contributed by atoms with van der Waals surface area (Å²) in [6.07, 6.45) is 1.06. The molecule has 0 bridgehead atoms. The van der Waals surface area contributed by atoms with E-state index in [0.717, 1.165) is 32.6 Å². The minimum Gasteiger partial charge on any atom is -0.351 e. The number of amides is 1. The molecule has 1 heterocycles. The van der Waals surface area contributed by atoms with Gasteiger partial charge in [-0.15, -0.1) is 0 Å². The van der Waals surface area contributed by atoms with Gasteiger partial charge in [0.2, 0.25) is 5.91 Å². The van der Waals surface area contributed by atoms with Crippen LogP contribution in [0.15, 0.2) is 30.3 Å². The Bertz CT molecular complexity index is 494. The zero-order valence-electron chi connectivity index (χ0n) is 12.9. The highest BCUT2D eigenvalue weighted by Crippen LogP contribution is 2.40. The Hall–Kier alpha value is -1.39. The standard InChI is InChI=1S/C17H25N3O/c1-17(2,20-10-8-18-9-11-20)16(21)19-15-12-14(15)13-6-4-3-5-7-13/h3-7,14-15,18H,8-12H2,1-2H3,(H,19,21). The van der Waals surface area contributed by atoms with E-state index in [4.69, 9.17) is 0 Å². The molecule has 4 heteroatoms. The molecule has 1 aliphatic carbocycles. The Kier molecular flexibility index (Phi) is 4.00. The van der Waals surface area contributed by atoms with E-state index in [2.05, 4.69) is 39.8 Å². The zero-order chi connectivity index (χ0) is 14.9. The fourth-order valence-corrected chi connectivity index (χ4v) is 3.14. The summed E-state index contributed by atoms with van der Waals surface area (Å²) >= 11 is 0. The second kappa shape index (κ2) is 5.78. The monoisotopic (exact) mass is 287 g/mol. The van der Waals surface area contributed by atoms with E-state index in [1.165, 1.54) is 5.56 Å². The summed E-state index contributed by atoms with van der Waals surface area (Å²) in [7, 11) is 0. The summed E-state index contributed by atoms with van der Waals surface area (Å²) in [5, 5.41) is 6.57. The van der Waals surface area contributed by atoms with Crippen molar-refractivity contribution in [1.82, 2.24) is 15.5 Å². The first-order valence-electron chi connectivity index (χ1n) is 7.91. The van der Waals surface area contributed by atoms with Crippen molar-refractivity contribution in [2.75, 3.05) is 26.2 Å². The van der Waals surface area contributed by atoms with Crippen LogP contribution in [-0.4, -0.2) is 48.6 Å². The van der Waals surface area contributed by atoms with Crippen LogP contribution in [0.2, 0.25) is 0 Å². The van der Waals surface area contributed by atoms with Gasteiger partial charge in [0, 0.05) is 38.1 Å². The minimum absolute atomic E-state index is 0.160. The second-order valence-corrected chi connectivity index (χ2v) is 6.63. The van der Waals surface area contributed by atoms with Crippen LogP contribution < -0.4 is 10.6 Å². The Labute approximate surface area is 126 Å². The van der Waals surface area contributed by atoms with Crippen LogP contribution in [0.3, 0.4) is 0 Å². The molecule has 1 aliphatic heterocycles. The minimum atomic E-state index is -0.425. The van der Waals surface area contributed by atoms with E-state index in [-0.39, 0.29) is 5.91 Å². The van der Waals surface area contributed by atoms with Gasteiger partial charge in [0.1, 0.15) is 0 Å². The predicted octanol–water partition coefficient (Wildman–Crippen LogP) is 1.34. The van der Waals surface area contributed by atoms with Gasteiger partial charge in [0.25, 0.3) is 0 Å². The lowest BCUT2D eigenvalue weighted by Gasteiger charge is -2.39. The maximum Gasteiger partial charge on any atom is 0.240 e. The first kappa shape index (κ1) is 14.5. The smallest absolute Gasteiger partial charge is 0.240 e. The summed E-state index contributed by atoms with van der Waals surface area (Å²) in [5.74, 6) is 0.654. The van der Waals surface area contributed by atoms with E-state index in [9.17, 15) is 4.79 Å². The van der Waals surface area contributed by atoms with Gasteiger partial charge >= 0.3 is 0 Å². The molecule has 2 aliphatic rings. The van der Waals surface area contributed by atoms with E-state index >= 15 is 0 Å². The molecule has 0 spiro atoms. The Morgan fingerprint density at radius 1 is 1.24 bits per heavy atom. The van der Waals surface area contributed by atoms with Crippen molar-refractivity contribution in [3.63, 3.8) is 0 Å². The van der Waals surface area contributed by atoms with Gasteiger partial charge in [-0.05, 0) is 25.8 Å². The van der Waals surface area contributed by atoms with E-state index in [1.807, 2.05) is 19.9 Å². The van der Waals surface area contributed by atoms with Gasteiger partial charge in [-0.25, -0.2) is 0 Å². The lowest BCUT2D eigenvalue weighted by Crippen LogP contribution is -2.60. The molecule has 1 saturated heterocycles. The van der Waals surface area contributed by atoms with Crippen LogP contribution in [0.1, 0.15) is 31.7 Å². The first-order valence-corrected chi connectivity index (χ1v) is 7.91. The molecule has 2 unspecified atom stereocenters. The Morgan fingerprint density at radius 2 is 1.90 bits per heavy atom. The van der Waals surface area contributed by atoms with Crippen molar-refractivity contribution in [3.05, 3.63) is 35.9 Å². The van der Waals surface area contributed by atoms with Gasteiger partial charge in [-0.1, -0.05) is 30.3 Å². The van der Waals surface area contributed by atoms with Gasteiger partial charge in [-0.3, -0.25) is 9.69 Å². The van der Waals surface area contributed by atoms with Crippen molar-refractivity contribution >= 4 is 5.91 Å². The van der Waals surface area contributed by atoms with Gasteiger partial charge in [-0.2, -0.15) is 0 Å². The molecular weight excluding hydrogens is 262 g/mol. The third-order valence-corrected chi connectivity index (χ3v) is 4.80. The summed E-state index contributed by atoms with van der Waals surface area (Å²) in [5.41, 5.74) is 0.911. The summed E-state index contributed by atoms with van der Waals surface area (Å²) < 4.78 is 0. The molecule has 4 nitrogen and oxygen atoms in total. The number of carbonyl (C=O) groups is 1. The summed E-state index contributed by atoms with van der Waals surface area (Å²) in [6.45, 7) is 7.88. The SMILES string of the molecule is CC(C)(C(=O)NC1CC1c1ccccc1)N1CCNCC1. The second-order valence-electron chi connectivity index (χ2n) is 6.63. The molecule has 2 N–H and O–H groups in total. The van der Waals surface area contributed by atoms with Crippen LogP contribution in [0.5, 0.6) is 0 Å². The predicted molar refractivity (Wildman–Crippen MR) is 84.3 cm³/mol. The molecule has 114 valence electrons. The quantitative estimate of drug-likeness (QED) is 0.878. The molecule has 21 heavy (non-hydrogen) atoms. The summed E-state index contributed by atoms with van der Waals surface area (Å²) in [6, 6.07) is 10.8. The van der Waals surface area contributed by atoms with Crippen LogP contribution in [-0.2, 0) is 4.79 Å². The average Bonchev–Trinajstić information content (AvgIpc) is 3.28. The number of hydrogen-bond acceptors (Lipinski definition) is 3. The number of rotatable bonds is 4. The molecular formula is C17H25N3O. The number of nitrogens with one attached hydrogen (secondary N) is 2. The van der Waals surface area contributed by atoms with Gasteiger partial charge < -0.3 is 10.6 Å². The Balaban J connectivity index is 1.57. The molecule has 0 radical (unpaired) electrons. The molecule has 1 amide bonds. The van der Waals surface area contributed by atoms with Crippen molar-refractivity contribution in [2.45, 2.75) is 37.8 Å². The molecule has 0 aromatic heterocycles. The lowest BCUT2D eigenvalue weighted by molar-refractivity contribution is -0.132. The average molecular weight is 287 g/mol. The zero-order valence-corrected chi connectivity index (χ0v) is 12.9. The number of carbonyl (C=O) groups excluding carboxylic acids is 1. The third-order valence-electron chi connectivity index (χ3n) is 4.80. The topological polar surface area (TPSA) is 44.4 Å². The highest BCUT2D eigenvalue weighted by atomic mass is 16.2. The summed E-state index contributed by atoms with van der Waals surface area (Å²) in [4.78, 5) is 14.9. The largest absolute Gasteiger partial charge is 0.351 e. The third kappa shape index (κ3) is 3.11. The molecule has 1 aromatic rings. The van der Waals surface area contributed by atoms with E-state index in [0.29, 0.717) is 12.0 Å². The van der Waals surface area contributed by atoms with Crippen molar-refractivity contribution in [3.8, 4) is 0 Å². The van der Waals surface area contributed by atoms with Crippen LogP contribution in [0.25, 0.3) is 0 Å². The highest BCUT2D eigenvalue weighted by Gasteiger charge is 2.43. The number of benzene rings is 1. The van der Waals surface area contributed by atoms with Crippen molar-refractivity contribution < 1.29 is 4.79 Å². The van der Waals surface area contributed by atoms with Crippen LogP contribution in [0, 0.1) is 0 Å². The van der Waals surface area contributed by atoms with Crippen molar-refractivity contribution in [2.24, 2.45) is 0 Å². The number of piperazine rings is 1. The first-order chi connectivity index (χ1) is 10.1. The maximum atomic E-state index is 12.6. The highest BCUT2D eigenvalue weighted by molar-refractivity contribution is 5.86. The number of nitrogens with zero attached hydrogens (tertiary/aromatic N) is 1. The molecule has 2 fully saturated rings. The van der Waals surface area contributed by atoms with Gasteiger partial charge in [0.05, 0.1) is 5.54 Å². The van der Waals surface area contributed by atoms with Crippen LogP contribution in [0.4, 0.5) is 0 Å². The molecule has 1 aromatic carbocycles. The van der Waals surface area contributed by atoms with Gasteiger partial charge in [0.15, 0.2) is 0 Å². The fraction of sp³-hybridized carbons (Fsp3) is 0.588. The molecule has 2 atom stereocenters.